The number of likely N-dealkylation sites (tertiary alicyclic amines) is 1. The number of amides is 1. The van der Waals surface area contributed by atoms with Gasteiger partial charge in [-0.25, -0.2) is 9.07 Å². The summed E-state index contributed by atoms with van der Waals surface area (Å²) in [6, 6.07) is 6.57. The molecule has 2 heterocycles. The van der Waals surface area contributed by atoms with E-state index in [1.165, 1.54) is 23.1 Å². The fraction of sp³-hybridized carbons (Fsp3) is 0.467. The van der Waals surface area contributed by atoms with Crippen molar-refractivity contribution in [3.05, 3.63) is 42.0 Å². The SMILES string of the molecule is CC1(Cc2cccc(F)c2)CCCN1C(=O)Cn1cnnn1. The van der Waals surface area contributed by atoms with Crippen molar-refractivity contribution < 1.29 is 9.18 Å². The van der Waals surface area contributed by atoms with Gasteiger partial charge in [-0.1, -0.05) is 12.1 Å². The maximum atomic E-state index is 13.4. The monoisotopic (exact) mass is 303 g/mol. The number of hydrogen-bond acceptors (Lipinski definition) is 4. The lowest BCUT2D eigenvalue weighted by atomic mass is 9.90. The number of nitrogens with zero attached hydrogens (tertiary/aromatic N) is 5. The van der Waals surface area contributed by atoms with Crippen molar-refractivity contribution in [1.29, 1.82) is 0 Å². The Balaban J connectivity index is 1.74. The zero-order valence-electron chi connectivity index (χ0n) is 12.4. The van der Waals surface area contributed by atoms with Gasteiger partial charge >= 0.3 is 0 Å². The fourth-order valence-electron chi connectivity index (χ4n) is 3.20. The normalized spacial score (nSPS) is 21.3. The van der Waals surface area contributed by atoms with E-state index in [2.05, 4.69) is 22.4 Å². The highest BCUT2D eigenvalue weighted by atomic mass is 19.1. The van der Waals surface area contributed by atoms with Gasteiger partial charge in [0.15, 0.2) is 0 Å². The molecule has 1 aromatic carbocycles. The predicted molar refractivity (Wildman–Crippen MR) is 77.3 cm³/mol. The van der Waals surface area contributed by atoms with E-state index in [1.54, 1.807) is 6.07 Å². The zero-order chi connectivity index (χ0) is 15.6. The molecule has 1 saturated heterocycles. The summed E-state index contributed by atoms with van der Waals surface area (Å²) in [7, 11) is 0. The summed E-state index contributed by atoms with van der Waals surface area (Å²) in [5.41, 5.74) is 0.614. The van der Waals surface area contributed by atoms with Crippen LogP contribution in [0.1, 0.15) is 25.3 Å². The molecule has 1 aliphatic heterocycles. The second-order valence-electron chi connectivity index (χ2n) is 5.96. The quantitative estimate of drug-likeness (QED) is 0.857. The molecule has 0 bridgehead atoms. The zero-order valence-corrected chi connectivity index (χ0v) is 12.4. The summed E-state index contributed by atoms with van der Waals surface area (Å²) in [6.07, 6.45) is 3.93. The molecule has 1 unspecified atom stereocenters. The maximum absolute atomic E-state index is 13.4. The minimum Gasteiger partial charge on any atom is -0.335 e. The lowest BCUT2D eigenvalue weighted by Crippen LogP contribution is -2.47. The van der Waals surface area contributed by atoms with Crippen LogP contribution in [0.3, 0.4) is 0 Å². The highest BCUT2D eigenvalue weighted by Gasteiger charge is 2.39. The first kappa shape index (κ1) is 14.6. The van der Waals surface area contributed by atoms with Crippen LogP contribution in [0.15, 0.2) is 30.6 Å². The molecule has 1 aliphatic rings. The molecule has 6 nitrogen and oxygen atoms in total. The maximum Gasteiger partial charge on any atom is 0.244 e. The molecule has 116 valence electrons. The summed E-state index contributed by atoms with van der Waals surface area (Å²) in [5.74, 6) is -0.255. The van der Waals surface area contributed by atoms with Crippen LogP contribution in [0, 0.1) is 5.82 Å². The van der Waals surface area contributed by atoms with Crippen LogP contribution >= 0.6 is 0 Å². The minimum atomic E-state index is -0.293. The Bertz CT molecular complexity index is 660. The largest absolute Gasteiger partial charge is 0.335 e. The smallest absolute Gasteiger partial charge is 0.244 e. The number of tetrazole rings is 1. The molecule has 1 atom stereocenters. The molecule has 0 saturated carbocycles. The first-order valence-electron chi connectivity index (χ1n) is 7.32. The number of carbonyl (C=O) groups is 1. The number of hydrogen-bond donors (Lipinski definition) is 0. The van der Waals surface area contributed by atoms with Crippen molar-refractivity contribution in [3.63, 3.8) is 0 Å². The van der Waals surface area contributed by atoms with Gasteiger partial charge in [0, 0.05) is 12.1 Å². The summed E-state index contributed by atoms with van der Waals surface area (Å²) < 4.78 is 14.8. The van der Waals surface area contributed by atoms with Gasteiger partial charge in [-0.05, 0) is 54.3 Å². The van der Waals surface area contributed by atoms with Crippen LogP contribution in [0.5, 0.6) is 0 Å². The first-order valence-corrected chi connectivity index (χ1v) is 7.32. The number of aromatic nitrogens is 4. The number of halogens is 1. The lowest BCUT2D eigenvalue weighted by Gasteiger charge is -2.35. The van der Waals surface area contributed by atoms with Crippen molar-refractivity contribution in [2.45, 2.75) is 38.3 Å². The van der Waals surface area contributed by atoms with Crippen molar-refractivity contribution in [2.24, 2.45) is 0 Å². The number of carbonyl (C=O) groups excluding carboxylic acids is 1. The highest BCUT2D eigenvalue weighted by molar-refractivity contribution is 5.77. The van der Waals surface area contributed by atoms with Crippen LogP contribution in [-0.2, 0) is 17.8 Å². The van der Waals surface area contributed by atoms with E-state index >= 15 is 0 Å². The Kier molecular flexibility index (Phi) is 3.87. The van der Waals surface area contributed by atoms with E-state index in [4.69, 9.17) is 0 Å². The number of rotatable bonds is 4. The third-order valence-electron chi connectivity index (χ3n) is 4.21. The molecule has 3 rings (SSSR count). The van der Waals surface area contributed by atoms with Crippen LogP contribution in [0.25, 0.3) is 0 Å². The van der Waals surface area contributed by atoms with Gasteiger partial charge in [-0.2, -0.15) is 0 Å². The van der Waals surface area contributed by atoms with Gasteiger partial charge in [0.2, 0.25) is 5.91 Å². The predicted octanol–water partition coefficient (Wildman–Crippen LogP) is 1.44. The van der Waals surface area contributed by atoms with Crippen LogP contribution in [-0.4, -0.2) is 43.1 Å². The highest BCUT2D eigenvalue weighted by Crippen LogP contribution is 2.32. The Morgan fingerprint density at radius 2 is 2.32 bits per heavy atom. The van der Waals surface area contributed by atoms with E-state index in [1.807, 2.05) is 11.0 Å². The van der Waals surface area contributed by atoms with Gasteiger partial charge in [-0.3, -0.25) is 4.79 Å². The molecule has 22 heavy (non-hydrogen) atoms. The van der Waals surface area contributed by atoms with Crippen LogP contribution in [0.2, 0.25) is 0 Å². The van der Waals surface area contributed by atoms with E-state index in [-0.39, 0.29) is 23.8 Å². The Morgan fingerprint density at radius 3 is 3.05 bits per heavy atom. The average Bonchev–Trinajstić information content (AvgIpc) is 3.08. The molecule has 7 heteroatoms. The molecule has 1 fully saturated rings. The Labute approximate surface area is 127 Å². The van der Waals surface area contributed by atoms with Gasteiger partial charge in [0.1, 0.15) is 18.7 Å². The molecule has 1 amide bonds. The minimum absolute atomic E-state index is 0.0105. The standard InChI is InChI=1S/C15H18FN5O/c1-15(9-12-4-2-5-13(16)8-12)6-3-7-21(15)14(22)10-20-11-17-18-19-20/h2,4-5,8,11H,3,6-7,9-10H2,1H3. The number of benzene rings is 1. The molecule has 0 aliphatic carbocycles. The molecule has 0 N–H and O–H groups in total. The van der Waals surface area contributed by atoms with Crippen molar-refractivity contribution in [1.82, 2.24) is 25.1 Å². The van der Waals surface area contributed by atoms with Crippen LogP contribution in [0.4, 0.5) is 4.39 Å². The van der Waals surface area contributed by atoms with Crippen molar-refractivity contribution in [2.75, 3.05) is 6.54 Å². The summed E-state index contributed by atoms with van der Waals surface area (Å²) in [6.45, 7) is 2.90. The van der Waals surface area contributed by atoms with Crippen molar-refractivity contribution >= 4 is 5.91 Å². The van der Waals surface area contributed by atoms with Gasteiger partial charge in [0.05, 0.1) is 0 Å². The summed E-state index contributed by atoms with van der Waals surface area (Å²) >= 11 is 0. The van der Waals surface area contributed by atoms with Crippen LogP contribution < -0.4 is 0 Å². The van der Waals surface area contributed by atoms with Gasteiger partial charge < -0.3 is 4.90 Å². The van der Waals surface area contributed by atoms with E-state index in [0.29, 0.717) is 13.0 Å². The fourth-order valence-corrected chi connectivity index (χ4v) is 3.20. The first-order chi connectivity index (χ1) is 10.6. The topological polar surface area (TPSA) is 63.9 Å². The Hall–Kier alpha value is -2.31. The van der Waals surface area contributed by atoms with E-state index in [0.717, 1.165) is 18.4 Å². The third kappa shape index (κ3) is 2.98. The summed E-state index contributed by atoms with van der Waals surface area (Å²) in [5, 5.41) is 10.8. The van der Waals surface area contributed by atoms with Crippen molar-refractivity contribution in [3.8, 4) is 0 Å². The second kappa shape index (κ2) is 5.82. The Morgan fingerprint density at radius 1 is 1.45 bits per heavy atom. The molecular weight excluding hydrogens is 285 g/mol. The second-order valence-corrected chi connectivity index (χ2v) is 5.96. The average molecular weight is 303 g/mol. The molecular formula is C15H18FN5O. The lowest BCUT2D eigenvalue weighted by molar-refractivity contribution is -0.135. The molecule has 0 spiro atoms. The third-order valence-corrected chi connectivity index (χ3v) is 4.21. The van der Waals surface area contributed by atoms with Gasteiger partial charge in [-0.15, -0.1) is 5.10 Å². The molecule has 1 aromatic heterocycles. The van der Waals surface area contributed by atoms with E-state index in [9.17, 15) is 9.18 Å². The van der Waals surface area contributed by atoms with E-state index < -0.39 is 0 Å². The molecule has 0 radical (unpaired) electrons. The van der Waals surface area contributed by atoms with Gasteiger partial charge in [0.25, 0.3) is 0 Å². The molecule has 2 aromatic rings. The summed E-state index contributed by atoms with van der Waals surface area (Å²) in [4.78, 5) is 14.4.